The molecule has 0 spiro atoms. The molecule has 0 saturated heterocycles. The average molecular weight is 397 g/mol. The maximum Gasteiger partial charge on any atom is 0.191 e. The molecule has 0 aliphatic rings. The van der Waals surface area contributed by atoms with E-state index in [0.717, 1.165) is 37.8 Å². The highest BCUT2D eigenvalue weighted by molar-refractivity contribution is 14.0. The summed E-state index contributed by atoms with van der Waals surface area (Å²) in [6.07, 6.45) is 4.68. The number of nitrogens with one attached hydrogen (secondary N) is 2. The topological polar surface area (TPSA) is 49.6 Å². The van der Waals surface area contributed by atoms with Gasteiger partial charge in [0.1, 0.15) is 5.76 Å². The van der Waals surface area contributed by atoms with Crippen molar-refractivity contribution in [1.82, 2.24) is 10.6 Å². The molecule has 0 radical (unpaired) electrons. The Morgan fingerprint density at radius 2 is 2.26 bits per heavy atom. The largest absolute Gasteiger partial charge is 0.469 e. The SMILES string of the molecule is CCNC(=NCC(C)SC)NCCc1ccco1.I. The zero-order chi connectivity index (χ0) is 13.2. The van der Waals surface area contributed by atoms with Crippen molar-refractivity contribution < 1.29 is 4.42 Å². The summed E-state index contributed by atoms with van der Waals surface area (Å²) in [4.78, 5) is 4.55. The highest BCUT2D eigenvalue weighted by Crippen LogP contribution is 2.04. The van der Waals surface area contributed by atoms with Gasteiger partial charge < -0.3 is 15.1 Å². The predicted molar refractivity (Wildman–Crippen MR) is 94.8 cm³/mol. The average Bonchev–Trinajstić information content (AvgIpc) is 2.88. The van der Waals surface area contributed by atoms with Gasteiger partial charge in [0.15, 0.2) is 5.96 Å². The van der Waals surface area contributed by atoms with Gasteiger partial charge in [-0.15, -0.1) is 24.0 Å². The number of thioether (sulfide) groups is 1. The quantitative estimate of drug-likeness (QED) is 0.422. The van der Waals surface area contributed by atoms with Crippen LogP contribution in [0.15, 0.2) is 27.8 Å². The summed E-state index contributed by atoms with van der Waals surface area (Å²) in [6.45, 7) is 6.78. The zero-order valence-electron chi connectivity index (χ0n) is 11.8. The van der Waals surface area contributed by atoms with Crippen LogP contribution >= 0.6 is 35.7 Å². The molecule has 0 aromatic carbocycles. The van der Waals surface area contributed by atoms with Crippen LogP contribution < -0.4 is 10.6 Å². The summed E-state index contributed by atoms with van der Waals surface area (Å²) in [5, 5.41) is 7.10. The monoisotopic (exact) mass is 397 g/mol. The maximum atomic E-state index is 5.29. The second kappa shape index (κ2) is 11.5. The van der Waals surface area contributed by atoms with Crippen molar-refractivity contribution in [2.75, 3.05) is 25.9 Å². The van der Waals surface area contributed by atoms with E-state index in [0.29, 0.717) is 5.25 Å². The summed E-state index contributed by atoms with van der Waals surface area (Å²) in [5.74, 6) is 1.88. The molecule has 4 nitrogen and oxygen atoms in total. The minimum Gasteiger partial charge on any atom is -0.469 e. The van der Waals surface area contributed by atoms with Crippen LogP contribution in [0.5, 0.6) is 0 Å². The van der Waals surface area contributed by atoms with Crippen molar-refractivity contribution in [2.45, 2.75) is 25.5 Å². The molecule has 0 aliphatic heterocycles. The first kappa shape index (κ1) is 18.6. The van der Waals surface area contributed by atoms with Crippen LogP contribution in [0.4, 0.5) is 0 Å². The predicted octanol–water partition coefficient (Wildman–Crippen LogP) is 2.75. The van der Waals surface area contributed by atoms with E-state index in [4.69, 9.17) is 4.42 Å². The molecule has 19 heavy (non-hydrogen) atoms. The van der Waals surface area contributed by atoms with Gasteiger partial charge in [0.2, 0.25) is 0 Å². The smallest absolute Gasteiger partial charge is 0.191 e. The molecule has 0 fully saturated rings. The van der Waals surface area contributed by atoms with Gasteiger partial charge in [0.25, 0.3) is 0 Å². The Morgan fingerprint density at radius 3 is 2.84 bits per heavy atom. The van der Waals surface area contributed by atoms with Gasteiger partial charge in [-0.3, -0.25) is 4.99 Å². The maximum absolute atomic E-state index is 5.29. The number of rotatable bonds is 7. The van der Waals surface area contributed by atoms with Crippen LogP contribution in [0.25, 0.3) is 0 Å². The minimum atomic E-state index is 0. The summed E-state index contributed by atoms with van der Waals surface area (Å²) in [7, 11) is 0. The lowest BCUT2D eigenvalue weighted by Gasteiger charge is -2.12. The lowest BCUT2D eigenvalue weighted by molar-refractivity contribution is 0.507. The van der Waals surface area contributed by atoms with Gasteiger partial charge in [-0.1, -0.05) is 6.92 Å². The molecule has 1 rings (SSSR count). The molecule has 0 saturated carbocycles. The minimum absolute atomic E-state index is 0. The molecule has 0 amide bonds. The van der Waals surface area contributed by atoms with Crippen molar-refractivity contribution >= 4 is 41.7 Å². The van der Waals surface area contributed by atoms with Crippen molar-refractivity contribution in [2.24, 2.45) is 4.99 Å². The molecule has 1 unspecified atom stereocenters. The highest BCUT2D eigenvalue weighted by atomic mass is 127. The Kier molecular flexibility index (Phi) is 11.2. The molecule has 110 valence electrons. The van der Waals surface area contributed by atoms with E-state index in [2.05, 4.69) is 35.7 Å². The van der Waals surface area contributed by atoms with Crippen molar-refractivity contribution in [3.05, 3.63) is 24.2 Å². The lowest BCUT2D eigenvalue weighted by Crippen LogP contribution is -2.38. The van der Waals surface area contributed by atoms with Crippen molar-refractivity contribution in [3.8, 4) is 0 Å². The fraction of sp³-hybridized carbons (Fsp3) is 0.615. The van der Waals surface area contributed by atoms with E-state index in [-0.39, 0.29) is 24.0 Å². The summed E-state index contributed by atoms with van der Waals surface area (Å²) >= 11 is 1.83. The Hall–Kier alpha value is -0.370. The van der Waals surface area contributed by atoms with E-state index in [1.165, 1.54) is 0 Å². The van der Waals surface area contributed by atoms with Crippen molar-refractivity contribution in [3.63, 3.8) is 0 Å². The molecule has 1 aromatic heterocycles. The number of aliphatic imine (C=N–C) groups is 1. The Balaban J connectivity index is 0.00000324. The number of furan rings is 1. The third kappa shape index (κ3) is 8.41. The third-order valence-corrected chi connectivity index (χ3v) is 3.45. The first-order valence-corrected chi connectivity index (χ1v) is 7.62. The van der Waals surface area contributed by atoms with E-state index < -0.39 is 0 Å². The van der Waals surface area contributed by atoms with Crippen LogP contribution in [0.3, 0.4) is 0 Å². The van der Waals surface area contributed by atoms with Gasteiger partial charge in [-0.05, 0) is 25.3 Å². The first-order valence-electron chi connectivity index (χ1n) is 6.33. The van der Waals surface area contributed by atoms with Crippen LogP contribution in [0, 0.1) is 0 Å². The van der Waals surface area contributed by atoms with E-state index in [1.54, 1.807) is 6.26 Å². The fourth-order valence-corrected chi connectivity index (χ4v) is 1.62. The van der Waals surface area contributed by atoms with Gasteiger partial charge in [-0.2, -0.15) is 11.8 Å². The number of hydrogen-bond acceptors (Lipinski definition) is 3. The molecule has 2 N–H and O–H groups in total. The number of hydrogen-bond donors (Lipinski definition) is 2. The van der Waals surface area contributed by atoms with Crippen LogP contribution in [0.1, 0.15) is 19.6 Å². The number of guanidine groups is 1. The van der Waals surface area contributed by atoms with E-state index in [1.807, 2.05) is 23.9 Å². The van der Waals surface area contributed by atoms with Gasteiger partial charge in [-0.25, -0.2) is 0 Å². The van der Waals surface area contributed by atoms with Crippen LogP contribution in [-0.4, -0.2) is 37.1 Å². The fourth-order valence-electron chi connectivity index (χ4n) is 1.40. The van der Waals surface area contributed by atoms with Gasteiger partial charge in [0, 0.05) is 24.8 Å². The summed E-state index contributed by atoms with van der Waals surface area (Å²) < 4.78 is 5.29. The van der Waals surface area contributed by atoms with Crippen LogP contribution in [0.2, 0.25) is 0 Å². The molecule has 0 aliphatic carbocycles. The molecule has 1 aromatic rings. The third-order valence-electron chi connectivity index (χ3n) is 2.50. The zero-order valence-corrected chi connectivity index (χ0v) is 15.0. The second-order valence-electron chi connectivity index (χ2n) is 4.02. The van der Waals surface area contributed by atoms with Crippen molar-refractivity contribution in [1.29, 1.82) is 0 Å². The normalized spacial score (nSPS) is 12.7. The molecule has 6 heteroatoms. The Labute approximate surface area is 137 Å². The van der Waals surface area contributed by atoms with Gasteiger partial charge >= 0.3 is 0 Å². The standard InChI is InChI=1S/C13H23N3OS.HI/c1-4-14-13(16-10-11(2)18-3)15-8-7-12-6-5-9-17-12;/h5-6,9,11H,4,7-8,10H2,1-3H3,(H2,14,15,16);1H. The molecule has 0 bridgehead atoms. The van der Waals surface area contributed by atoms with E-state index >= 15 is 0 Å². The molecular formula is C13H24IN3OS. The van der Waals surface area contributed by atoms with Gasteiger partial charge in [0.05, 0.1) is 12.8 Å². The first-order chi connectivity index (χ1) is 8.76. The second-order valence-corrected chi connectivity index (χ2v) is 5.30. The van der Waals surface area contributed by atoms with Crippen LogP contribution in [-0.2, 0) is 6.42 Å². The highest BCUT2D eigenvalue weighted by Gasteiger charge is 2.01. The Morgan fingerprint density at radius 1 is 1.47 bits per heavy atom. The molecule has 1 atom stereocenters. The number of halogens is 1. The van der Waals surface area contributed by atoms with E-state index in [9.17, 15) is 0 Å². The summed E-state index contributed by atoms with van der Waals surface area (Å²) in [6, 6.07) is 3.90. The summed E-state index contributed by atoms with van der Waals surface area (Å²) in [5.41, 5.74) is 0. The molecular weight excluding hydrogens is 373 g/mol. The molecule has 1 heterocycles. The Bertz CT molecular complexity index is 344. The lowest BCUT2D eigenvalue weighted by atomic mass is 10.3. The number of nitrogens with zero attached hydrogens (tertiary/aromatic N) is 1.